The highest BCUT2D eigenvalue weighted by Crippen LogP contribution is 2.24. The fraction of sp³-hybridized carbons (Fsp3) is 0.200. The van der Waals surface area contributed by atoms with Crippen LogP contribution in [-0.4, -0.2) is 35.1 Å². The number of imide groups is 1. The van der Waals surface area contributed by atoms with Crippen LogP contribution in [0.15, 0.2) is 42.5 Å². The molecule has 0 aromatic heterocycles. The van der Waals surface area contributed by atoms with Crippen LogP contribution in [0.2, 0.25) is 0 Å². The molecule has 0 saturated heterocycles. The van der Waals surface area contributed by atoms with E-state index < -0.39 is 11.8 Å². The molecule has 27 heavy (non-hydrogen) atoms. The van der Waals surface area contributed by atoms with Crippen molar-refractivity contribution < 1.29 is 23.9 Å². The second kappa shape index (κ2) is 7.41. The molecule has 1 N–H and O–H groups in total. The van der Waals surface area contributed by atoms with E-state index in [1.54, 1.807) is 32.0 Å². The minimum atomic E-state index is -0.438. The van der Waals surface area contributed by atoms with Crippen LogP contribution in [0, 0.1) is 0 Å². The van der Waals surface area contributed by atoms with Gasteiger partial charge in [0.2, 0.25) is 0 Å². The summed E-state index contributed by atoms with van der Waals surface area (Å²) in [7, 11) is 0. The van der Waals surface area contributed by atoms with Gasteiger partial charge in [-0.25, -0.2) is 0 Å². The average Bonchev–Trinajstić information content (AvgIpc) is 2.91. The van der Waals surface area contributed by atoms with Crippen LogP contribution < -0.4 is 10.1 Å². The van der Waals surface area contributed by atoms with E-state index in [1.165, 1.54) is 24.3 Å². The number of nitrogens with zero attached hydrogens (tertiary/aromatic N) is 1. The first kappa shape index (κ1) is 18.3. The number of carbonyl (C=O) groups excluding carboxylic acids is 4. The maximum atomic E-state index is 12.5. The largest absolute Gasteiger partial charge is 0.426 e. The molecule has 0 spiro atoms. The van der Waals surface area contributed by atoms with Crippen molar-refractivity contribution in [1.29, 1.82) is 0 Å². The highest BCUT2D eigenvalue weighted by Gasteiger charge is 2.34. The number of benzene rings is 2. The zero-order chi connectivity index (χ0) is 19.6. The Balaban J connectivity index is 1.80. The summed E-state index contributed by atoms with van der Waals surface area (Å²) in [6, 6.07) is 10.9. The number of esters is 1. The quantitative estimate of drug-likeness (QED) is 0.499. The van der Waals surface area contributed by atoms with Gasteiger partial charge in [0.15, 0.2) is 0 Å². The SMILES string of the molecule is CCC(=O)Oc1cccc(NC(=O)c2ccc3c(c2)C(=O)N(CC)C3=O)c1. The van der Waals surface area contributed by atoms with Gasteiger partial charge in [-0.15, -0.1) is 0 Å². The maximum absolute atomic E-state index is 12.5. The minimum Gasteiger partial charge on any atom is -0.426 e. The van der Waals surface area contributed by atoms with Crippen molar-refractivity contribution in [1.82, 2.24) is 4.90 Å². The van der Waals surface area contributed by atoms with Crippen molar-refractivity contribution >= 4 is 29.4 Å². The Morgan fingerprint density at radius 1 is 1.00 bits per heavy atom. The lowest BCUT2D eigenvalue weighted by Crippen LogP contribution is -2.29. The first-order valence-corrected chi connectivity index (χ1v) is 8.57. The summed E-state index contributed by atoms with van der Waals surface area (Å²) in [5.41, 5.74) is 1.22. The van der Waals surface area contributed by atoms with E-state index in [0.717, 1.165) is 4.90 Å². The Morgan fingerprint density at radius 3 is 2.44 bits per heavy atom. The molecule has 3 rings (SSSR count). The summed E-state index contributed by atoms with van der Waals surface area (Å²) in [5.74, 6) is -1.24. The van der Waals surface area contributed by atoms with Crippen LogP contribution in [0.5, 0.6) is 5.75 Å². The smallest absolute Gasteiger partial charge is 0.310 e. The third kappa shape index (κ3) is 3.57. The number of anilines is 1. The molecule has 0 atom stereocenters. The van der Waals surface area contributed by atoms with Gasteiger partial charge in [-0.3, -0.25) is 24.1 Å². The molecule has 0 fully saturated rings. The topological polar surface area (TPSA) is 92.8 Å². The third-order valence-electron chi connectivity index (χ3n) is 4.16. The Labute approximate surface area is 155 Å². The van der Waals surface area contributed by atoms with E-state index in [2.05, 4.69) is 5.32 Å². The molecule has 0 radical (unpaired) electrons. The van der Waals surface area contributed by atoms with E-state index in [0.29, 0.717) is 17.0 Å². The van der Waals surface area contributed by atoms with Gasteiger partial charge in [-0.05, 0) is 37.3 Å². The molecule has 7 nitrogen and oxygen atoms in total. The van der Waals surface area contributed by atoms with Crippen molar-refractivity contribution in [3.63, 3.8) is 0 Å². The minimum absolute atomic E-state index is 0.222. The van der Waals surface area contributed by atoms with E-state index >= 15 is 0 Å². The molecule has 0 aliphatic carbocycles. The Morgan fingerprint density at radius 2 is 1.74 bits per heavy atom. The molecule has 2 aromatic carbocycles. The van der Waals surface area contributed by atoms with Crippen molar-refractivity contribution in [2.24, 2.45) is 0 Å². The van der Waals surface area contributed by atoms with E-state index in [-0.39, 0.29) is 36.0 Å². The number of amides is 3. The Bertz CT molecular complexity index is 951. The highest BCUT2D eigenvalue weighted by atomic mass is 16.5. The molecule has 2 aromatic rings. The van der Waals surface area contributed by atoms with Gasteiger partial charge in [0.1, 0.15) is 5.75 Å². The molecule has 3 amide bonds. The monoisotopic (exact) mass is 366 g/mol. The summed E-state index contributed by atoms with van der Waals surface area (Å²) in [6.45, 7) is 3.68. The number of nitrogens with one attached hydrogen (secondary N) is 1. The van der Waals surface area contributed by atoms with Crippen LogP contribution in [0.25, 0.3) is 0 Å². The lowest BCUT2D eigenvalue weighted by atomic mass is 10.1. The van der Waals surface area contributed by atoms with Crippen LogP contribution in [-0.2, 0) is 4.79 Å². The Kier molecular flexibility index (Phi) is 5.03. The first-order chi connectivity index (χ1) is 12.9. The van der Waals surface area contributed by atoms with Gasteiger partial charge in [-0.1, -0.05) is 13.0 Å². The van der Waals surface area contributed by atoms with Gasteiger partial charge < -0.3 is 10.1 Å². The standard InChI is InChI=1S/C20H18N2O5/c1-3-17(23)27-14-7-5-6-13(11-14)21-18(24)12-8-9-15-16(10-12)20(26)22(4-2)19(15)25/h5-11H,3-4H2,1-2H3,(H,21,24). The van der Waals surface area contributed by atoms with Crippen molar-refractivity contribution in [3.05, 3.63) is 59.2 Å². The van der Waals surface area contributed by atoms with Crippen LogP contribution in [0.4, 0.5) is 5.69 Å². The van der Waals surface area contributed by atoms with Gasteiger partial charge in [0.25, 0.3) is 17.7 Å². The number of carbonyl (C=O) groups is 4. The third-order valence-corrected chi connectivity index (χ3v) is 4.16. The molecule has 0 unspecified atom stereocenters. The van der Waals surface area contributed by atoms with Crippen LogP contribution in [0.1, 0.15) is 51.3 Å². The van der Waals surface area contributed by atoms with Gasteiger partial charge in [0.05, 0.1) is 11.1 Å². The summed E-state index contributed by atoms with van der Waals surface area (Å²) in [4.78, 5) is 49.4. The Hall–Kier alpha value is -3.48. The second-order valence-corrected chi connectivity index (χ2v) is 5.92. The molecule has 0 bridgehead atoms. The molecule has 7 heteroatoms. The van der Waals surface area contributed by atoms with Gasteiger partial charge >= 0.3 is 5.97 Å². The average molecular weight is 366 g/mol. The fourth-order valence-electron chi connectivity index (χ4n) is 2.76. The van der Waals surface area contributed by atoms with Crippen molar-refractivity contribution in [2.75, 3.05) is 11.9 Å². The normalized spacial score (nSPS) is 12.7. The molecular weight excluding hydrogens is 348 g/mol. The fourth-order valence-corrected chi connectivity index (χ4v) is 2.76. The van der Waals surface area contributed by atoms with Crippen molar-refractivity contribution in [3.8, 4) is 5.75 Å². The lowest BCUT2D eigenvalue weighted by Gasteiger charge is -2.09. The summed E-state index contributed by atoms with van der Waals surface area (Å²) in [5, 5.41) is 2.69. The van der Waals surface area contributed by atoms with Crippen molar-refractivity contribution in [2.45, 2.75) is 20.3 Å². The summed E-state index contributed by atoms with van der Waals surface area (Å²) in [6.07, 6.45) is 0.243. The van der Waals surface area contributed by atoms with E-state index in [4.69, 9.17) is 4.74 Å². The predicted octanol–water partition coefficient (Wildman–Crippen LogP) is 2.87. The number of rotatable bonds is 5. The molecule has 1 aliphatic heterocycles. The number of fused-ring (bicyclic) bond motifs is 1. The number of hydrogen-bond donors (Lipinski definition) is 1. The number of hydrogen-bond acceptors (Lipinski definition) is 5. The van der Waals surface area contributed by atoms with Gasteiger partial charge in [0, 0.05) is 30.3 Å². The second-order valence-electron chi connectivity index (χ2n) is 5.92. The lowest BCUT2D eigenvalue weighted by molar-refractivity contribution is -0.134. The molecule has 0 saturated carbocycles. The zero-order valence-electron chi connectivity index (χ0n) is 14.9. The van der Waals surface area contributed by atoms with Crippen LogP contribution >= 0.6 is 0 Å². The summed E-state index contributed by atoms with van der Waals surface area (Å²) < 4.78 is 5.12. The highest BCUT2D eigenvalue weighted by molar-refractivity contribution is 6.22. The maximum Gasteiger partial charge on any atom is 0.310 e. The molecule has 1 heterocycles. The molecule has 1 aliphatic rings. The zero-order valence-corrected chi connectivity index (χ0v) is 14.9. The van der Waals surface area contributed by atoms with E-state index in [1.807, 2.05) is 0 Å². The molecule has 138 valence electrons. The summed E-state index contributed by atoms with van der Waals surface area (Å²) >= 11 is 0. The van der Waals surface area contributed by atoms with Gasteiger partial charge in [-0.2, -0.15) is 0 Å². The predicted molar refractivity (Wildman–Crippen MR) is 97.8 cm³/mol. The van der Waals surface area contributed by atoms with Crippen LogP contribution in [0.3, 0.4) is 0 Å². The first-order valence-electron chi connectivity index (χ1n) is 8.57. The van der Waals surface area contributed by atoms with E-state index in [9.17, 15) is 19.2 Å². The molecular formula is C20H18N2O5. The number of ether oxygens (including phenoxy) is 1.